The largest absolute Gasteiger partial charge is 0.496 e. The van der Waals surface area contributed by atoms with Crippen LogP contribution >= 0.6 is 11.8 Å². The summed E-state index contributed by atoms with van der Waals surface area (Å²) >= 11 is 1.55. The minimum Gasteiger partial charge on any atom is -0.496 e. The maximum Gasteiger partial charge on any atom is 0.154 e. The summed E-state index contributed by atoms with van der Waals surface area (Å²) in [6.45, 7) is 1.93. The summed E-state index contributed by atoms with van der Waals surface area (Å²) in [5.74, 6) is 0.682. The van der Waals surface area contributed by atoms with Gasteiger partial charge in [-0.1, -0.05) is 6.07 Å². The van der Waals surface area contributed by atoms with E-state index >= 15 is 0 Å². The van der Waals surface area contributed by atoms with Gasteiger partial charge in [0, 0.05) is 4.90 Å². The number of rotatable bonds is 3. The Morgan fingerprint density at radius 3 is 2.62 bits per heavy atom. The van der Waals surface area contributed by atoms with Gasteiger partial charge in [-0.3, -0.25) is 4.79 Å². The van der Waals surface area contributed by atoms with Crippen molar-refractivity contribution in [2.24, 2.45) is 0 Å². The van der Waals surface area contributed by atoms with Gasteiger partial charge < -0.3 is 4.74 Å². The molecule has 0 atom stereocenters. The van der Waals surface area contributed by atoms with Crippen molar-refractivity contribution < 1.29 is 9.53 Å². The Kier molecular flexibility index (Phi) is 3.37. The molecule has 0 amide bonds. The van der Waals surface area contributed by atoms with Gasteiger partial charge in [-0.15, -0.1) is 11.8 Å². The van der Waals surface area contributed by atoms with Crippen LogP contribution in [0.4, 0.5) is 0 Å². The summed E-state index contributed by atoms with van der Waals surface area (Å²) in [4.78, 5) is 11.8. The zero-order valence-corrected chi connectivity index (χ0v) is 8.77. The first-order chi connectivity index (χ1) is 6.24. The first kappa shape index (κ1) is 10.1. The zero-order chi connectivity index (χ0) is 9.84. The molecule has 0 saturated carbocycles. The summed E-state index contributed by atoms with van der Waals surface area (Å²) < 4.78 is 5.16. The number of thioether (sulfide) groups is 1. The smallest absolute Gasteiger partial charge is 0.154 e. The van der Waals surface area contributed by atoms with Crippen LogP contribution in [0.5, 0.6) is 5.75 Å². The minimum absolute atomic E-state index is 0.648. The highest BCUT2D eigenvalue weighted by atomic mass is 32.2. The number of methoxy groups -OCH3 is 1. The molecule has 0 fully saturated rings. The average Bonchev–Trinajstić information content (AvgIpc) is 2.17. The van der Waals surface area contributed by atoms with E-state index in [1.165, 1.54) is 0 Å². The second kappa shape index (κ2) is 4.33. The van der Waals surface area contributed by atoms with Gasteiger partial charge in [-0.25, -0.2) is 0 Å². The SMILES string of the molecule is COc1c(C)ccc(SC)c1C=O. The fourth-order valence-corrected chi connectivity index (χ4v) is 1.82. The van der Waals surface area contributed by atoms with E-state index < -0.39 is 0 Å². The second-order valence-electron chi connectivity index (χ2n) is 2.65. The molecule has 0 heterocycles. The molecule has 1 rings (SSSR count). The van der Waals surface area contributed by atoms with Crippen LogP contribution in [0, 0.1) is 6.92 Å². The predicted molar refractivity (Wildman–Crippen MR) is 54.9 cm³/mol. The fourth-order valence-electron chi connectivity index (χ4n) is 1.25. The third-order valence-corrected chi connectivity index (χ3v) is 2.69. The molecule has 0 aliphatic carbocycles. The van der Waals surface area contributed by atoms with Crippen LogP contribution in [-0.4, -0.2) is 19.7 Å². The molecule has 0 spiro atoms. The third kappa shape index (κ3) is 1.86. The van der Waals surface area contributed by atoms with Crippen molar-refractivity contribution in [1.82, 2.24) is 0 Å². The Bertz CT molecular complexity index is 321. The molecule has 0 aromatic heterocycles. The Labute approximate surface area is 82.3 Å². The first-order valence-corrected chi connectivity index (χ1v) is 5.13. The van der Waals surface area contributed by atoms with Gasteiger partial charge in [0.15, 0.2) is 6.29 Å². The van der Waals surface area contributed by atoms with Crippen molar-refractivity contribution in [3.63, 3.8) is 0 Å². The molecule has 3 heteroatoms. The Hall–Kier alpha value is -0.960. The number of carbonyl (C=O) groups is 1. The molecule has 0 bridgehead atoms. The van der Waals surface area contributed by atoms with Crippen LogP contribution < -0.4 is 4.74 Å². The van der Waals surface area contributed by atoms with Gasteiger partial charge >= 0.3 is 0 Å². The van der Waals surface area contributed by atoms with Gasteiger partial charge in [-0.2, -0.15) is 0 Å². The topological polar surface area (TPSA) is 26.3 Å². The summed E-state index contributed by atoms with van der Waals surface area (Å²) in [6.07, 6.45) is 2.79. The summed E-state index contributed by atoms with van der Waals surface area (Å²) in [5, 5.41) is 0. The van der Waals surface area contributed by atoms with Crippen LogP contribution in [0.1, 0.15) is 15.9 Å². The molecule has 1 aromatic rings. The van der Waals surface area contributed by atoms with Crippen LogP contribution in [0.3, 0.4) is 0 Å². The van der Waals surface area contributed by atoms with Crippen LogP contribution in [-0.2, 0) is 0 Å². The van der Waals surface area contributed by atoms with Crippen molar-refractivity contribution in [3.8, 4) is 5.75 Å². The summed E-state index contributed by atoms with van der Waals surface area (Å²) in [6, 6.07) is 3.89. The molecule has 70 valence electrons. The zero-order valence-electron chi connectivity index (χ0n) is 7.96. The van der Waals surface area contributed by atoms with Gasteiger partial charge in [0.1, 0.15) is 5.75 Å². The van der Waals surface area contributed by atoms with E-state index in [-0.39, 0.29) is 0 Å². The van der Waals surface area contributed by atoms with E-state index in [9.17, 15) is 4.79 Å². The molecule has 0 aliphatic heterocycles. The highest BCUT2D eigenvalue weighted by Gasteiger charge is 2.09. The molecule has 0 unspecified atom stereocenters. The van der Waals surface area contributed by atoms with Crippen molar-refractivity contribution >= 4 is 18.0 Å². The maximum absolute atomic E-state index is 10.8. The molecule has 0 aliphatic rings. The van der Waals surface area contributed by atoms with Gasteiger partial charge in [0.05, 0.1) is 12.7 Å². The maximum atomic E-state index is 10.8. The highest BCUT2D eigenvalue weighted by molar-refractivity contribution is 7.98. The number of hydrogen-bond donors (Lipinski definition) is 0. The van der Waals surface area contributed by atoms with Gasteiger partial charge in [-0.05, 0) is 24.8 Å². The summed E-state index contributed by atoms with van der Waals surface area (Å²) in [5.41, 5.74) is 1.64. The van der Waals surface area contributed by atoms with E-state index in [1.54, 1.807) is 18.9 Å². The van der Waals surface area contributed by atoms with Crippen molar-refractivity contribution in [3.05, 3.63) is 23.3 Å². The molecule has 0 N–H and O–H groups in total. The molecule has 1 aromatic carbocycles. The van der Waals surface area contributed by atoms with Gasteiger partial charge in [0.25, 0.3) is 0 Å². The predicted octanol–water partition coefficient (Wildman–Crippen LogP) is 2.54. The number of aryl methyl sites for hydroxylation is 1. The normalized spacial score (nSPS) is 9.77. The lowest BCUT2D eigenvalue weighted by Gasteiger charge is -2.09. The highest BCUT2D eigenvalue weighted by Crippen LogP contribution is 2.30. The van der Waals surface area contributed by atoms with E-state index in [0.717, 1.165) is 16.7 Å². The van der Waals surface area contributed by atoms with Crippen LogP contribution in [0.15, 0.2) is 17.0 Å². The average molecular weight is 196 g/mol. The van der Waals surface area contributed by atoms with E-state index in [1.807, 2.05) is 25.3 Å². The second-order valence-corrected chi connectivity index (χ2v) is 3.50. The molecule has 13 heavy (non-hydrogen) atoms. The van der Waals surface area contributed by atoms with E-state index in [4.69, 9.17) is 4.74 Å². The van der Waals surface area contributed by atoms with Gasteiger partial charge in [0.2, 0.25) is 0 Å². The molecular formula is C10H12O2S. The van der Waals surface area contributed by atoms with Crippen molar-refractivity contribution in [1.29, 1.82) is 0 Å². The van der Waals surface area contributed by atoms with E-state index in [2.05, 4.69) is 0 Å². The van der Waals surface area contributed by atoms with Crippen LogP contribution in [0.2, 0.25) is 0 Å². The molecule has 2 nitrogen and oxygen atoms in total. The molecular weight excluding hydrogens is 184 g/mol. The standard InChI is InChI=1S/C10H12O2S/c1-7-4-5-9(13-3)8(6-11)10(7)12-2/h4-6H,1-3H3. The molecule has 0 saturated heterocycles. The number of aldehydes is 1. The summed E-state index contributed by atoms with van der Waals surface area (Å²) in [7, 11) is 1.58. The third-order valence-electron chi connectivity index (χ3n) is 1.89. The monoisotopic (exact) mass is 196 g/mol. The molecule has 0 radical (unpaired) electrons. The lowest BCUT2D eigenvalue weighted by molar-refractivity contribution is 0.111. The van der Waals surface area contributed by atoms with Crippen LogP contribution in [0.25, 0.3) is 0 Å². The Balaban J connectivity index is 3.36. The quantitative estimate of drug-likeness (QED) is 0.549. The van der Waals surface area contributed by atoms with Crippen molar-refractivity contribution in [2.75, 3.05) is 13.4 Å². The first-order valence-electron chi connectivity index (χ1n) is 3.91. The number of ether oxygens (including phenoxy) is 1. The lowest BCUT2D eigenvalue weighted by atomic mass is 10.1. The number of hydrogen-bond acceptors (Lipinski definition) is 3. The fraction of sp³-hybridized carbons (Fsp3) is 0.300. The minimum atomic E-state index is 0.648. The lowest BCUT2D eigenvalue weighted by Crippen LogP contribution is -1.95. The number of benzene rings is 1. The van der Waals surface area contributed by atoms with Crippen molar-refractivity contribution in [2.45, 2.75) is 11.8 Å². The Morgan fingerprint density at radius 2 is 2.15 bits per heavy atom. The van der Waals surface area contributed by atoms with E-state index in [0.29, 0.717) is 11.3 Å². The number of carbonyl (C=O) groups excluding carboxylic acids is 1. The Morgan fingerprint density at radius 1 is 1.46 bits per heavy atom.